The predicted molar refractivity (Wildman–Crippen MR) is 104 cm³/mol. The van der Waals surface area contributed by atoms with Crippen LogP contribution in [0.1, 0.15) is 45.0 Å². The molecule has 1 aliphatic carbocycles. The summed E-state index contributed by atoms with van der Waals surface area (Å²) in [5.74, 6) is -2.62. The average molecular weight is 413 g/mol. The zero-order chi connectivity index (χ0) is 20.5. The molecule has 2 N–H and O–H groups in total. The summed E-state index contributed by atoms with van der Waals surface area (Å²) in [6.07, 6.45) is 2.16. The van der Waals surface area contributed by atoms with E-state index in [1.165, 1.54) is 17.2 Å². The van der Waals surface area contributed by atoms with Gasteiger partial charge in [0.15, 0.2) is 5.01 Å². The third kappa shape index (κ3) is 3.51. The number of rotatable bonds is 5. The van der Waals surface area contributed by atoms with E-state index in [2.05, 4.69) is 4.98 Å². The molecule has 29 heavy (non-hydrogen) atoms. The lowest BCUT2D eigenvalue weighted by atomic mass is 9.99. The van der Waals surface area contributed by atoms with Crippen molar-refractivity contribution in [1.29, 1.82) is 0 Å². The van der Waals surface area contributed by atoms with E-state index in [-0.39, 0.29) is 5.01 Å². The molecule has 0 saturated heterocycles. The molecule has 2 amide bonds. The first-order chi connectivity index (χ1) is 14.0. The number of amides is 2. The van der Waals surface area contributed by atoms with Crippen molar-refractivity contribution in [2.45, 2.75) is 24.9 Å². The Balaban J connectivity index is 1.87. The molecule has 0 fully saturated rings. The lowest BCUT2D eigenvalue weighted by molar-refractivity contribution is -0.123. The van der Waals surface area contributed by atoms with Gasteiger partial charge in [-0.3, -0.25) is 9.59 Å². The summed E-state index contributed by atoms with van der Waals surface area (Å²) in [5.41, 5.74) is 6.94. The van der Waals surface area contributed by atoms with Crippen molar-refractivity contribution in [2.24, 2.45) is 5.73 Å². The highest BCUT2D eigenvalue weighted by molar-refractivity contribution is 7.11. The van der Waals surface area contributed by atoms with Crippen LogP contribution in [0.2, 0.25) is 0 Å². The zero-order valence-corrected chi connectivity index (χ0v) is 16.0. The minimum atomic E-state index is -1.10. The first-order valence-corrected chi connectivity index (χ1v) is 9.89. The number of carbonyl (C=O) groups excluding carboxylic acids is 2. The molecule has 0 bridgehead atoms. The van der Waals surface area contributed by atoms with Gasteiger partial charge in [0.2, 0.25) is 5.91 Å². The van der Waals surface area contributed by atoms with Crippen LogP contribution < -0.4 is 5.73 Å². The third-order valence-electron chi connectivity index (χ3n) is 5.07. The summed E-state index contributed by atoms with van der Waals surface area (Å²) in [4.78, 5) is 31.2. The second-order valence-corrected chi connectivity index (χ2v) is 7.67. The fraction of sp³-hybridized carbons (Fsp3) is 0.190. The normalized spacial score (nSPS) is 16.3. The molecular weight excluding hydrogens is 396 g/mol. The van der Waals surface area contributed by atoms with Crippen molar-refractivity contribution in [2.75, 3.05) is 0 Å². The van der Waals surface area contributed by atoms with E-state index in [1.54, 1.807) is 35.7 Å². The Morgan fingerprint density at radius 2 is 1.97 bits per heavy atom. The first kappa shape index (κ1) is 19.2. The molecule has 0 aliphatic heterocycles. The largest absolute Gasteiger partial charge is 0.368 e. The molecule has 148 valence electrons. The van der Waals surface area contributed by atoms with Crippen LogP contribution in [0.4, 0.5) is 8.78 Å². The van der Waals surface area contributed by atoms with Gasteiger partial charge in [0, 0.05) is 17.6 Å². The number of aromatic nitrogens is 1. The zero-order valence-electron chi connectivity index (χ0n) is 15.2. The number of hydrogen-bond acceptors (Lipinski definition) is 4. The van der Waals surface area contributed by atoms with Gasteiger partial charge in [0.25, 0.3) is 5.91 Å². The molecule has 5 nitrogen and oxygen atoms in total. The van der Waals surface area contributed by atoms with Gasteiger partial charge in [-0.25, -0.2) is 13.8 Å². The maximum Gasteiger partial charge on any atom is 0.284 e. The fourth-order valence-corrected chi connectivity index (χ4v) is 4.46. The standard InChI is InChI=1S/C21H17F2N3O2S/c22-13-10-15-14(16(23)11-13)6-7-17(15)26(21(28)20-25-8-9-29-20)18(19(24)27)12-4-2-1-3-5-12/h1-5,8-11,17-18H,6-7H2,(H2,24,27)/t17-,18-/m1/s1. The van der Waals surface area contributed by atoms with E-state index >= 15 is 0 Å². The summed E-state index contributed by atoms with van der Waals surface area (Å²) in [6, 6.07) is 8.89. The maximum atomic E-state index is 14.3. The molecule has 4 rings (SSSR count). The van der Waals surface area contributed by atoms with Crippen LogP contribution in [-0.4, -0.2) is 21.7 Å². The van der Waals surface area contributed by atoms with E-state index in [0.717, 1.165) is 17.4 Å². The second kappa shape index (κ2) is 7.71. The molecule has 2 aromatic carbocycles. The van der Waals surface area contributed by atoms with Crippen LogP contribution in [0.5, 0.6) is 0 Å². The van der Waals surface area contributed by atoms with Gasteiger partial charge < -0.3 is 10.6 Å². The molecule has 1 aromatic heterocycles. The van der Waals surface area contributed by atoms with E-state index in [1.807, 2.05) is 0 Å². The Bertz CT molecular complexity index is 1060. The Morgan fingerprint density at radius 3 is 2.62 bits per heavy atom. The number of carbonyl (C=O) groups is 2. The van der Waals surface area contributed by atoms with Crippen LogP contribution in [0, 0.1) is 11.6 Å². The number of hydrogen-bond donors (Lipinski definition) is 1. The highest BCUT2D eigenvalue weighted by Gasteiger charge is 2.41. The van der Waals surface area contributed by atoms with Crippen LogP contribution >= 0.6 is 11.3 Å². The summed E-state index contributed by atoms with van der Waals surface area (Å²) < 4.78 is 28.3. The molecular formula is C21H17F2N3O2S. The highest BCUT2D eigenvalue weighted by Crippen LogP contribution is 2.42. The summed E-state index contributed by atoms with van der Waals surface area (Å²) >= 11 is 1.13. The summed E-state index contributed by atoms with van der Waals surface area (Å²) in [5, 5.41) is 1.83. The fourth-order valence-electron chi connectivity index (χ4n) is 3.89. The lowest BCUT2D eigenvalue weighted by Crippen LogP contribution is -2.43. The Kier molecular flexibility index (Phi) is 5.10. The van der Waals surface area contributed by atoms with Crippen molar-refractivity contribution >= 4 is 23.2 Å². The Labute approximate surface area is 169 Å². The monoisotopic (exact) mass is 413 g/mol. The number of fused-ring (bicyclic) bond motifs is 1. The quantitative estimate of drug-likeness (QED) is 0.692. The average Bonchev–Trinajstić information content (AvgIpc) is 3.36. The maximum absolute atomic E-state index is 14.3. The predicted octanol–water partition coefficient (Wildman–Crippen LogP) is 3.78. The number of nitrogens with zero attached hydrogens (tertiary/aromatic N) is 2. The molecule has 2 atom stereocenters. The van der Waals surface area contributed by atoms with Crippen LogP contribution in [0.3, 0.4) is 0 Å². The van der Waals surface area contributed by atoms with Crippen LogP contribution in [0.25, 0.3) is 0 Å². The molecule has 0 saturated carbocycles. The minimum absolute atomic E-state index is 0.178. The van der Waals surface area contributed by atoms with E-state index in [4.69, 9.17) is 5.73 Å². The first-order valence-electron chi connectivity index (χ1n) is 9.01. The van der Waals surface area contributed by atoms with Gasteiger partial charge in [0.1, 0.15) is 17.7 Å². The number of halogens is 2. The van der Waals surface area contributed by atoms with Crippen molar-refractivity contribution in [3.8, 4) is 0 Å². The Hall–Kier alpha value is -3.13. The minimum Gasteiger partial charge on any atom is -0.368 e. The topological polar surface area (TPSA) is 76.3 Å². The smallest absolute Gasteiger partial charge is 0.284 e. The van der Waals surface area contributed by atoms with Gasteiger partial charge in [-0.05, 0) is 35.6 Å². The molecule has 1 aliphatic rings. The van der Waals surface area contributed by atoms with Gasteiger partial charge in [-0.15, -0.1) is 11.3 Å². The molecule has 0 radical (unpaired) electrons. The van der Waals surface area contributed by atoms with Crippen molar-refractivity contribution < 1.29 is 18.4 Å². The number of primary amides is 1. The highest BCUT2D eigenvalue weighted by atomic mass is 32.1. The second-order valence-electron chi connectivity index (χ2n) is 6.78. The van der Waals surface area contributed by atoms with Gasteiger partial charge in [0.05, 0.1) is 6.04 Å². The van der Waals surface area contributed by atoms with Crippen LogP contribution in [0.15, 0.2) is 54.0 Å². The lowest BCUT2D eigenvalue weighted by Gasteiger charge is -2.35. The van der Waals surface area contributed by atoms with Gasteiger partial charge >= 0.3 is 0 Å². The van der Waals surface area contributed by atoms with Crippen LogP contribution in [-0.2, 0) is 11.2 Å². The van der Waals surface area contributed by atoms with Crippen molar-refractivity contribution in [3.05, 3.63) is 87.4 Å². The van der Waals surface area contributed by atoms with Crippen molar-refractivity contribution in [1.82, 2.24) is 9.88 Å². The van der Waals surface area contributed by atoms with Gasteiger partial charge in [-0.1, -0.05) is 30.3 Å². The van der Waals surface area contributed by atoms with E-state index in [0.29, 0.717) is 29.5 Å². The van der Waals surface area contributed by atoms with Gasteiger partial charge in [-0.2, -0.15) is 0 Å². The SMILES string of the molecule is NC(=O)[C@@H](c1ccccc1)N(C(=O)c1nccs1)[C@@H]1CCc2c(F)cc(F)cc21. The molecule has 0 unspecified atom stereocenters. The Morgan fingerprint density at radius 1 is 1.21 bits per heavy atom. The van der Waals surface area contributed by atoms with E-state index in [9.17, 15) is 18.4 Å². The number of thiazole rings is 1. The van der Waals surface area contributed by atoms with Crippen molar-refractivity contribution in [3.63, 3.8) is 0 Å². The molecule has 8 heteroatoms. The third-order valence-corrected chi connectivity index (χ3v) is 5.83. The number of benzene rings is 2. The van der Waals surface area contributed by atoms with E-state index < -0.39 is 35.5 Å². The number of nitrogens with two attached hydrogens (primary N) is 1. The summed E-state index contributed by atoms with van der Waals surface area (Å²) in [7, 11) is 0. The summed E-state index contributed by atoms with van der Waals surface area (Å²) in [6.45, 7) is 0. The molecule has 3 aromatic rings. The molecule has 0 spiro atoms. The molecule has 1 heterocycles.